The summed E-state index contributed by atoms with van der Waals surface area (Å²) in [7, 11) is 0. The van der Waals surface area contributed by atoms with Gasteiger partial charge in [-0.25, -0.2) is 4.99 Å². The average Bonchev–Trinajstić information content (AvgIpc) is 2.36. The van der Waals surface area contributed by atoms with E-state index in [1.807, 2.05) is 48.5 Å². The van der Waals surface area contributed by atoms with Crippen LogP contribution in [-0.4, -0.2) is 6.21 Å². The minimum absolute atomic E-state index is 0.677. The number of aliphatic imine (C=N–C) groups is 1. The van der Waals surface area contributed by atoms with Gasteiger partial charge in [-0.05, 0) is 36.3 Å². The molecule has 17 heavy (non-hydrogen) atoms. The van der Waals surface area contributed by atoms with E-state index in [0.29, 0.717) is 5.02 Å². The fourth-order valence-corrected chi connectivity index (χ4v) is 1.48. The van der Waals surface area contributed by atoms with Crippen molar-refractivity contribution in [1.29, 1.82) is 0 Å². The van der Waals surface area contributed by atoms with Crippen LogP contribution in [0.15, 0.2) is 59.6 Å². The predicted molar refractivity (Wildman–Crippen MR) is 72.9 cm³/mol. The van der Waals surface area contributed by atoms with E-state index in [0.717, 1.165) is 11.3 Å². The maximum atomic E-state index is 5.84. The van der Waals surface area contributed by atoms with Crippen molar-refractivity contribution in [2.45, 2.75) is 0 Å². The first kappa shape index (κ1) is 11.4. The zero-order valence-corrected chi connectivity index (χ0v) is 9.85. The zero-order valence-electron chi connectivity index (χ0n) is 9.10. The maximum absolute atomic E-state index is 5.84. The second-order valence-electron chi connectivity index (χ2n) is 3.37. The smallest absolute Gasteiger partial charge is 0.0777 e. The molecule has 0 bridgehead atoms. The molecule has 0 radical (unpaired) electrons. The van der Waals surface area contributed by atoms with Crippen LogP contribution in [0.4, 0.5) is 5.69 Å². The van der Waals surface area contributed by atoms with Gasteiger partial charge in [0.15, 0.2) is 0 Å². The highest BCUT2D eigenvalue weighted by Gasteiger charge is 1.88. The van der Waals surface area contributed by atoms with Crippen LogP contribution >= 0.6 is 11.6 Å². The van der Waals surface area contributed by atoms with Crippen LogP contribution < -0.4 is 0 Å². The summed E-state index contributed by atoms with van der Waals surface area (Å²) in [5.41, 5.74) is 1.78. The van der Waals surface area contributed by atoms with Gasteiger partial charge in [0.25, 0.3) is 0 Å². The van der Waals surface area contributed by atoms with Crippen molar-refractivity contribution in [3.63, 3.8) is 0 Å². The SMILES string of the molecule is Clc1cccc(N=CC#Cc2ccccc2)c1. The van der Waals surface area contributed by atoms with Gasteiger partial charge in [0, 0.05) is 10.6 Å². The fraction of sp³-hybridized carbons (Fsp3) is 0. The summed E-state index contributed by atoms with van der Waals surface area (Å²) in [5, 5.41) is 0.677. The summed E-state index contributed by atoms with van der Waals surface area (Å²) in [6.07, 6.45) is 1.58. The van der Waals surface area contributed by atoms with Gasteiger partial charge in [-0.2, -0.15) is 0 Å². The van der Waals surface area contributed by atoms with E-state index >= 15 is 0 Å². The molecule has 2 heteroatoms. The van der Waals surface area contributed by atoms with Gasteiger partial charge < -0.3 is 0 Å². The molecule has 0 aromatic heterocycles. The van der Waals surface area contributed by atoms with Gasteiger partial charge in [0.2, 0.25) is 0 Å². The lowest BCUT2D eigenvalue weighted by molar-refractivity contribution is 1.54. The Morgan fingerprint density at radius 3 is 2.59 bits per heavy atom. The van der Waals surface area contributed by atoms with Crippen LogP contribution in [0.1, 0.15) is 5.56 Å². The summed E-state index contributed by atoms with van der Waals surface area (Å²) in [4.78, 5) is 4.20. The first-order valence-electron chi connectivity index (χ1n) is 5.19. The molecule has 0 heterocycles. The monoisotopic (exact) mass is 239 g/mol. The highest BCUT2D eigenvalue weighted by atomic mass is 35.5. The molecule has 0 spiro atoms. The van der Waals surface area contributed by atoms with E-state index in [4.69, 9.17) is 11.6 Å². The molecule has 0 unspecified atom stereocenters. The van der Waals surface area contributed by atoms with Gasteiger partial charge in [0.1, 0.15) is 0 Å². The van der Waals surface area contributed by atoms with Crippen molar-refractivity contribution in [1.82, 2.24) is 0 Å². The molecule has 0 amide bonds. The molecule has 0 aliphatic carbocycles. The third-order valence-electron chi connectivity index (χ3n) is 2.08. The molecule has 0 saturated heterocycles. The number of halogens is 1. The molecule has 1 nitrogen and oxygen atoms in total. The third-order valence-corrected chi connectivity index (χ3v) is 2.31. The molecule has 2 aromatic carbocycles. The van der Waals surface area contributed by atoms with Gasteiger partial charge in [-0.3, -0.25) is 0 Å². The third kappa shape index (κ3) is 3.79. The lowest BCUT2D eigenvalue weighted by atomic mass is 10.2. The molecule has 0 aliphatic rings. The highest BCUT2D eigenvalue weighted by molar-refractivity contribution is 6.30. The van der Waals surface area contributed by atoms with E-state index in [-0.39, 0.29) is 0 Å². The van der Waals surface area contributed by atoms with E-state index in [1.165, 1.54) is 0 Å². The van der Waals surface area contributed by atoms with Crippen LogP contribution in [0.2, 0.25) is 5.02 Å². The predicted octanol–water partition coefficient (Wildman–Crippen LogP) is 4.09. The quantitative estimate of drug-likeness (QED) is 0.525. The lowest BCUT2D eigenvalue weighted by Crippen LogP contribution is -1.72. The van der Waals surface area contributed by atoms with Crippen molar-refractivity contribution in [3.8, 4) is 11.8 Å². The average molecular weight is 240 g/mol. The Hall–Kier alpha value is -2.04. The Morgan fingerprint density at radius 1 is 1.00 bits per heavy atom. The Kier molecular flexibility index (Phi) is 3.96. The Morgan fingerprint density at radius 2 is 1.82 bits per heavy atom. The Labute approximate surface area is 106 Å². The van der Waals surface area contributed by atoms with E-state index in [9.17, 15) is 0 Å². The van der Waals surface area contributed by atoms with Gasteiger partial charge in [0.05, 0.1) is 11.9 Å². The van der Waals surface area contributed by atoms with Gasteiger partial charge >= 0.3 is 0 Å². The van der Waals surface area contributed by atoms with Crippen LogP contribution in [0.3, 0.4) is 0 Å². The lowest BCUT2D eigenvalue weighted by Gasteiger charge is -1.91. The number of benzene rings is 2. The topological polar surface area (TPSA) is 12.4 Å². The maximum Gasteiger partial charge on any atom is 0.0777 e. The van der Waals surface area contributed by atoms with Gasteiger partial charge in [-0.15, -0.1) is 0 Å². The summed E-state index contributed by atoms with van der Waals surface area (Å²) in [6.45, 7) is 0. The fourth-order valence-electron chi connectivity index (χ4n) is 1.30. The minimum Gasteiger partial charge on any atom is -0.248 e. The van der Waals surface area contributed by atoms with Crippen molar-refractivity contribution < 1.29 is 0 Å². The minimum atomic E-state index is 0.677. The molecule has 82 valence electrons. The second kappa shape index (κ2) is 5.89. The molecule has 0 aliphatic heterocycles. The van der Waals surface area contributed by atoms with Crippen LogP contribution in [0.5, 0.6) is 0 Å². The summed E-state index contributed by atoms with van der Waals surface area (Å²) < 4.78 is 0. The van der Waals surface area contributed by atoms with E-state index < -0.39 is 0 Å². The summed E-state index contributed by atoms with van der Waals surface area (Å²) in [5.74, 6) is 5.88. The molecule has 0 fully saturated rings. The number of rotatable bonds is 1. The molecule has 0 N–H and O–H groups in total. The van der Waals surface area contributed by atoms with Crippen LogP contribution in [0, 0.1) is 11.8 Å². The Balaban J connectivity index is 2.06. The Bertz CT molecular complexity index is 577. The van der Waals surface area contributed by atoms with Crippen LogP contribution in [0.25, 0.3) is 0 Å². The first-order chi connectivity index (χ1) is 8.34. The van der Waals surface area contributed by atoms with Crippen LogP contribution in [-0.2, 0) is 0 Å². The van der Waals surface area contributed by atoms with E-state index in [1.54, 1.807) is 12.3 Å². The van der Waals surface area contributed by atoms with Crippen molar-refractivity contribution in [3.05, 3.63) is 65.2 Å². The summed E-state index contributed by atoms with van der Waals surface area (Å²) in [6, 6.07) is 17.1. The largest absolute Gasteiger partial charge is 0.248 e. The molecule has 2 aromatic rings. The van der Waals surface area contributed by atoms with E-state index in [2.05, 4.69) is 16.8 Å². The van der Waals surface area contributed by atoms with Crippen molar-refractivity contribution in [2.24, 2.45) is 4.99 Å². The van der Waals surface area contributed by atoms with Gasteiger partial charge in [-0.1, -0.05) is 41.8 Å². The number of nitrogens with zero attached hydrogens (tertiary/aromatic N) is 1. The normalized spacial score (nSPS) is 9.94. The zero-order chi connectivity index (χ0) is 11.9. The highest BCUT2D eigenvalue weighted by Crippen LogP contribution is 2.16. The second-order valence-corrected chi connectivity index (χ2v) is 3.81. The molecule has 0 atom stereocenters. The van der Waals surface area contributed by atoms with Crippen molar-refractivity contribution in [2.75, 3.05) is 0 Å². The molecular weight excluding hydrogens is 230 g/mol. The summed E-state index contributed by atoms with van der Waals surface area (Å²) >= 11 is 5.84. The first-order valence-corrected chi connectivity index (χ1v) is 5.57. The number of hydrogen-bond donors (Lipinski definition) is 0. The molecule has 0 saturated carbocycles. The van der Waals surface area contributed by atoms with Crippen molar-refractivity contribution >= 4 is 23.5 Å². The number of hydrogen-bond acceptors (Lipinski definition) is 1. The molecule has 2 rings (SSSR count). The standard InChI is InChI=1S/C15H10ClN/c16-14-9-4-10-15(12-14)17-11-5-8-13-6-2-1-3-7-13/h1-4,6-7,9-12H. The molecular formula is C15H10ClN.